The van der Waals surface area contributed by atoms with Crippen LogP contribution in [0.5, 0.6) is 11.5 Å². The fourth-order valence-electron chi connectivity index (χ4n) is 4.45. The predicted molar refractivity (Wildman–Crippen MR) is 125 cm³/mol. The van der Waals surface area contributed by atoms with E-state index in [4.69, 9.17) is 14.5 Å². The molecule has 2 heterocycles. The molecule has 5 rings (SSSR count). The van der Waals surface area contributed by atoms with Gasteiger partial charge in [-0.2, -0.15) is 0 Å². The molecule has 0 bridgehead atoms. The minimum absolute atomic E-state index is 0.00180. The Morgan fingerprint density at radius 1 is 0.938 bits per heavy atom. The number of fused-ring (bicyclic) bond motifs is 1. The molecule has 0 aliphatic carbocycles. The first kappa shape index (κ1) is 20.1. The summed E-state index contributed by atoms with van der Waals surface area (Å²) in [5.41, 5.74) is 3.97. The molecular weight excluding hydrogens is 402 g/mol. The maximum atomic E-state index is 13.0. The maximum absolute atomic E-state index is 13.0. The standard InChI is InChI=1S/C26H25N3O3/c1-31-20-13-11-18(12-14-20)16-29-22-8-4-3-7-21(22)27-26(29)19-15-25(30)28(17-19)23-9-5-6-10-24(23)32-2/h3-14,19H,15-17H2,1-2H3. The van der Waals surface area contributed by atoms with Gasteiger partial charge in [-0.3, -0.25) is 4.79 Å². The Bertz CT molecular complexity index is 1260. The van der Waals surface area contributed by atoms with Crippen molar-refractivity contribution in [2.45, 2.75) is 18.9 Å². The number of anilines is 1. The van der Waals surface area contributed by atoms with Crippen molar-refractivity contribution in [1.29, 1.82) is 0 Å². The number of aromatic nitrogens is 2. The van der Waals surface area contributed by atoms with Gasteiger partial charge >= 0.3 is 0 Å². The number of amides is 1. The Morgan fingerprint density at radius 3 is 2.47 bits per heavy atom. The number of ether oxygens (including phenoxy) is 2. The van der Waals surface area contributed by atoms with E-state index in [-0.39, 0.29) is 11.8 Å². The summed E-state index contributed by atoms with van der Waals surface area (Å²) in [6.07, 6.45) is 0.421. The van der Waals surface area contributed by atoms with Crippen molar-refractivity contribution >= 4 is 22.6 Å². The number of imidazole rings is 1. The van der Waals surface area contributed by atoms with E-state index < -0.39 is 0 Å². The highest BCUT2D eigenvalue weighted by Gasteiger charge is 2.35. The second kappa shape index (κ2) is 8.38. The molecule has 32 heavy (non-hydrogen) atoms. The topological polar surface area (TPSA) is 56.6 Å². The third-order valence-electron chi connectivity index (χ3n) is 6.05. The van der Waals surface area contributed by atoms with Gasteiger partial charge in [0.15, 0.2) is 0 Å². The molecule has 1 aliphatic heterocycles. The highest BCUT2D eigenvalue weighted by Crippen LogP contribution is 2.37. The van der Waals surface area contributed by atoms with E-state index in [9.17, 15) is 4.79 Å². The Hall–Kier alpha value is -3.80. The smallest absolute Gasteiger partial charge is 0.227 e. The predicted octanol–water partition coefficient (Wildman–Crippen LogP) is 4.62. The van der Waals surface area contributed by atoms with Gasteiger partial charge in [-0.25, -0.2) is 4.98 Å². The Morgan fingerprint density at radius 2 is 1.69 bits per heavy atom. The van der Waals surface area contributed by atoms with Gasteiger partial charge in [-0.05, 0) is 42.0 Å². The van der Waals surface area contributed by atoms with Crippen LogP contribution in [-0.4, -0.2) is 36.2 Å². The summed E-state index contributed by atoms with van der Waals surface area (Å²) >= 11 is 0. The SMILES string of the molecule is COc1ccc(Cn2c(C3CC(=O)N(c4ccccc4OC)C3)nc3ccccc32)cc1. The molecule has 1 atom stereocenters. The average Bonchev–Trinajstić information content (AvgIpc) is 3.40. The summed E-state index contributed by atoms with van der Waals surface area (Å²) in [7, 11) is 3.30. The molecule has 4 aromatic rings. The molecule has 1 saturated heterocycles. The van der Waals surface area contributed by atoms with Crippen LogP contribution in [0.4, 0.5) is 5.69 Å². The zero-order chi connectivity index (χ0) is 22.1. The minimum atomic E-state index is -0.00180. The molecule has 1 aliphatic rings. The summed E-state index contributed by atoms with van der Waals surface area (Å²) < 4.78 is 13.0. The van der Waals surface area contributed by atoms with Crippen LogP contribution in [0.3, 0.4) is 0 Å². The molecule has 3 aromatic carbocycles. The lowest BCUT2D eigenvalue weighted by Crippen LogP contribution is -2.25. The maximum Gasteiger partial charge on any atom is 0.227 e. The number of carbonyl (C=O) groups excluding carboxylic acids is 1. The lowest BCUT2D eigenvalue weighted by Gasteiger charge is -2.20. The number of methoxy groups -OCH3 is 2. The van der Waals surface area contributed by atoms with E-state index >= 15 is 0 Å². The summed E-state index contributed by atoms with van der Waals surface area (Å²) in [6.45, 7) is 1.25. The molecule has 6 nitrogen and oxygen atoms in total. The van der Waals surface area contributed by atoms with Gasteiger partial charge < -0.3 is 18.9 Å². The van der Waals surface area contributed by atoms with Gasteiger partial charge in [0, 0.05) is 25.4 Å². The van der Waals surface area contributed by atoms with Crippen molar-refractivity contribution in [1.82, 2.24) is 9.55 Å². The number of hydrogen-bond acceptors (Lipinski definition) is 4. The lowest BCUT2D eigenvalue weighted by atomic mass is 10.1. The summed E-state index contributed by atoms with van der Waals surface area (Å²) in [5.74, 6) is 2.56. The van der Waals surface area contributed by atoms with Crippen LogP contribution in [0, 0.1) is 0 Å². The number of rotatable bonds is 6. The zero-order valence-electron chi connectivity index (χ0n) is 18.2. The number of para-hydroxylation sites is 4. The Balaban J connectivity index is 1.51. The van der Waals surface area contributed by atoms with Gasteiger partial charge in [0.1, 0.15) is 17.3 Å². The first-order valence-electron chi connectivity index (χ1n) is 10.7. The number of benzene rings is 3. The van der Waals surface area contributed by atoms with Crippen molar-refractivity contribution in [3.8, 4) is 11.5 Å². The van der Waals surface area contributed by atoms with Gasteiger partial charge in [0.05, 0.1) is 30.9 Å². The summed E-state index contributed by atoms with van der Waals surface area (Å²) in [6, 6.07) is 23.9. The molecule has 1 unspecified atom stereocenters. The third kappa shape index (κ3) is 3.58. The van der Waals surface area contributed by atoms with Gasteiger partial charge in [0.25, 0.3) is 0 Å². The monoisotopic (exact) mass is 427 g/mol. The fraction of sp³-hybridized carbons (Fsp3) is 0.231. The molecule has 1 fully saturated rings. The van der Waals surface area contributed by atoms with E-state index in [1.54, 1.807) is 14.2 Å². The summed E-state index contributed by atoms with van der Waals surface area (Å²) in [4.78, 5) is 19.8. The summed E-state index contributed by atoms with van der Waals surface area (Å²) in [5, 5.41) is 0. The fourth-order valence-corrected chi connectivity index (χ4v) is 4.45. The molecule has 1 aromatic heterocycles. The zero-order valence-corrected chi connectivity index (χ0v) is 18.2. The molecule has 1 amide bonds. The van der Waals surface area contributed by atoms with Gasteiger partial charge in [-0.1, -0.05) is 36.4 Å². The molecule has 0 N–H and O–H groups in total. The first-order valence-corrected chi connectivity index (χ1v) is 10.7. The normalized spacial score (nSPS) is 16.0. The van der Waals surface area contributed by atoms with Gasteiger partial charge in [-0.15, -0.1) is 0 Å². The highest BCUT2D eigenvalue weighted by atomic mass is 16.5. The second-order valence-corrected chi connectivity index (χ2v) is 7.97. The Kier molecular flexibility index (Phi) is 5.27. The molecule has 6 heteroatoms. The third-order valence-corrected chi connectivity index (χ3v) is 6.05. The van der Waals surface area contributed by atoms with E-state index in [1.807, 2.05) is 59.5 Å². The van der Waals surface area contributed by atoms with Crippen molar-refractivity contribution in [2.75, 3.05) is 25.7 Å². The van der Waals surface area contributed by atoms with Crippen LogP contribution in [-0.2, 0) is 11.3 Å². The Labute approximate surface area is 187 Å². The molecule has 0 spiro atoms. The van der Waals surface area contributed by atoms with Crippen LogP contribution in [0.25, 0.3) is 11.0 Å². The van der Waals surface area contributed by atoms with Crippen molar-refractivity contribution in [2.24, 2.45) is 0 Å². The molecule has 0 saturated carbocycles. The van der Waals surface area contributed by atoms with Crippen LogP contribution in [0.2, 0.25) is 0 Å². The van der Waals surface area contributed by atoms with E-state index in [2.05, 4.69) is 22.8 Å². The van der Waals surface area contributed by atoms with E-state index in [0.29, 0.717) is 25.3 Å². The van der Waals surface area contributed by atoms with E-state index in [1.165, 1.54) is 0 Å². The van der Waals surface area contributed by atoms with Crippen molar-refractivity contribution < 1.29 is 14.3 Å². The highest BCUT2D eigenvalue weighted by molar-refractivity contribution is 5.97. The number of carbonyl (C=O) groups is 1. The van der Waals surface area contributed by atoms with Gasteiger partial charge in [0.2, 0.25) is 5.91 Å². The first-order chi connectivity index (χ1) is 15.7. The van der Waals surface area contributed by atoms with Crippen LogP contribution in [0.15, 0.2) is 72.8 Å². The minimum Gasteiger partial charge on any atom is -0.497 e. The number of hydrogen-bond donors (Lipinski definition) is 0. The van der Waals surface area contributed by atoms with Crippen LogP contribution < -0.4 is 14.4 Å². The second-order valence-electron chi connectivity index (χ2n) is 7.97. The van der Waals surface area contributed by atoms with E-state index in [0.717, 1.165) is 33.9 Å². The van der Waals surface area contributed by atoms with Crippen molar-refractivity contribution in [3.63, 3.8) is 0 Å². The van der Waals surface area contributed by atoms with Crippen LogP contribution >= 0.6 is 0 Å². The molecule has 162 valence electrons. The molecular formula is C26H25N3O3. The number of nitrogens with zero attached hydrogens (tertiary/aromatic N) is 3. The average molecular weight is 428 g/mol. The van der Waals surface area contributed by atoms with Crippen LogP contribution in [0.1, 0.15) is 23.7 Å². The van der Waals surface area contributed by atoms with Crippen molar-refractivity contribution in [3.05, 3.63) is 84.2 Å². The molecule has 0 radical (unpaired) electrons. The quantitative estimate of drug-likeness (QED) is 0.451. The lowest BCUT2D eigenvalue weighted by molar-refractivity contribution is -0.117. The largest absolute Gasteiger partial charge is 0.497 e.